The number of carboxylic acid groups (broad SMARTS) is 1. The number of hydrogen-bond acceptors (Lipinski definition) is 5. The summed E-state index contributed by atoms with van der Waals surface area (Å²) in [5.41, 5.74) is -0.498. The van der Waals surface area contributed by atoms with Gasteiger partial charge in [0, 0.05) is 38.1 Å². The van der Waals surface area contributed by atoms with Crippen molar-refractivity contribution in [3.63, 3.8) is 0 Å². The lowest BCUT2D eigenvalue weighted by Gasteiger charge is -2.45. The molecule has 1 N–H and O–H groups in total. The van der Waals surface area contributed by atoms with Crippen LogP contribution in [0.2, 0.25) is 0 Å². The summed E-state index contributed by atoms with van der Waals surface area (Å²) in [6.45, 7) is 2.42. The average Bonchev–Trinajstić information content (AvgIpc) is 3.04. The normalized spacial score (nSPS) is 25.7. The van der Waals surface area contributed by atoms with Crippen molar-refractivity contribution >= 4 is 23.2 Å². The maximum absolute atomic E-state index is 11.9. The average molecular weight is 309 g/mol. The van der Waals surface area contributed by atoms with E-state index >= 15 is 0 Å². The first-order valence-electron chi connectivity index (χ1n) is 7.13. The second-order valence-electron chi connectivity index (χ2n) is 5.85. The molecule has 2 saturated heterocycles. The number of piperidine rings is 1. The summed E-state index contributed by atoms with van der Waals surface area (Å²) in [6, 6.07) is 0. The largest absolute Gasteiger partial charge is 0.481 e. The fourth-order valence-electron chi connectivity index (χ4n) is 3.61. The molecule has 0 aromatic carbocycles. The van der Waals surface area contributed by atoms with Gasteiger partial charge in [-0.3, -0.25) is 14.5 Å². The van der Waals surface area contributed by atoms with Gasteiger partial charge in [-0.05, 0) is 12.8 Å². The lowest BCUT2D eigenvalue weighted by molar-refractivity contribution is -0.146. The van der Waals surface area contributed by atoms with Crippen LogP contribution in [0.5, 0.6) is 0 Å². The van der Waals surface area contributed by atoms with E-state index in [4.69, 9.17) is 0 Å². The number of carboxylic acids is 1. The van der Waals surface area contributed by atoms with Crippen LogP contribution < -0.4 is 0 Å². The topological polar surface area (TPSA) is 73.7 Å². The quantitative estimate of drug-likeness (QED) is 0.903. The third kappa shape index (κ3) is 2.44. The molecular formula is C14H19N3O3S. The fourth-order valence-corrected chi connectivity index (χ4v) is 4.26. The summed E-state index contributed by atoms with van der Waals surface area (Å²) in [5.74, 6) is -1.46. The Hall–Kier alpha value is -1.47. The molecule has 2 aliphatic rings. The van der Waals surface area contributed by atoms with E-state index in [0.717, 1.165) is 37.5 Å². The number of likely N-dealkylation sites (tertiary alicyclic amines) is 2. The Balaban J connectivity index is 1.70. The van der Waals surface area contributed by atoms with Gasteiger partial charge in [0.25, 0.3) is 0 Å². The maximum atomic E-state index is 11.9. The van der Waals surface area contributed by atoms with Crippen LogP contribution in [0, 0.1) is 5.92 Å². The maximum Gasteiger partial charge on any atom is 0.309 e. The van der Waals surface area contributed by atoms with E-state index in [1.807, 2.05) is 5.38 Å². The smallest absolute Gasteiger partial charge is 0.309 e. The van der Waals surface area contributed by atoms with E-state index in [9.17, 15) is 14.7 Å². The number of amides is 1. The number of nitrogens with zero attached hydrogens (tertiary/aromatic N) is 3. The zero-order chi connectivity index (χ0) is 15.0. The SMILES string of the molecule is CN1C(=O)C[C@@H](C(=O)O)C12CCN(Cc1nccs1)CC2. The second-order valence-corrected chi connectivity index (χ2v) is 6.83. The lowest BCUT2D eigenvalue weighted by atomic mass is 9.77. The summed E-state index contributed by atoms with van der Waals surface area (Å²) in [5, 5.41) is 12.5. The van der Waals surface area contributed by atoms with Gasteiger partial charge < -0.3 is 10.0 Å². The molecule has 2 aliphatic heterocycles. The van der Waals surface area contributed by atoms with Gasteiger partial charge in [-0.1, -0.05) is 0 Å². The third-order valence-corrected chi connectivity index (χ3v) is 5.70. The molecule has 1 atom stereocenters. The van der Waals surface area contributed by atoms with Gasteiger partial charge in [-0.2, -0.15) is 0 Å². The molecule has 3 heterocycles. The number of thiazole rings is 1. The first-order valence-corrected chi connectivity index (χ1v) is 8.01. The van der Waals surface area contributed by atoms with E-state index in [1.54, 1.807) is 29.5 Å². The van der Waals surface area contributed by atoms with Gasteiger partial charge in [0.15, 0.2) is 0 Å². The molecule has 3 rings (SSSR count). The fraction of sp³-hybridized carbons (Fsp3) is 0.643. The van der Waals surface area contributed by atoms with E-state index in [2.05, 4.69) is 9.88 Å². The van der Waals surface area contributed by atoms with Crippen molar-refractivity contribution in [2.75, 3.05) is 20.1 Å². The third-order valence-electron chi connectivity index (χ3n) is 4.93. The first-order chi connectivity index (χ1) is 10.0. The predicted octanol–water partition coefficient (Wildman–Crippen LogP) is 1.04. The molecule has 1 aromatic heterocycles. The van der Waals surface area contributed by atoms with Gasteiger partial charge in [0.1, 0.15) is 5.01 Å². The monoisotopic (exact) mass is 309 g/mol. The molecule has 0 radical (unpaired) electrons. The Kier molecular flexibility index (Phi) is 3.71. The standard InChI is InChI=1S/C14H19N3O3S/c1-16-12(18)8-10(13(19)20)14(16)2-5-17(6-3-14)9-11-15-4-7-21-11/h4,7,10H,2-3,5-6,8-9H2,1H3,(H,19,20)/t10-/m0/s1. The van der Waals surface area contributed by atoms with E-state index in [0.29, 0.717) is 0 Å². The Morgan fingerprint density at radius 1 is 1.52 bits per heavy atom. The van der Waals surface area contributed by atoms with Crippen LogP contribution in [0.25, 0.3) is 0 Å². The molecule has 0 unspecified atom stereocenters. The molecule has 21 heavy (non-hydrogen) atoms. The van der Waals surface area contributed by atoms with Gasteiger partial charge in [-0.15, -0.1) is 11.3 Å². The van der Waals surface area contributed by atoms with Crippen LogP contribution >= 0.6 is 11.3 Å². The number of carbonyl (C=O) groups excluding carboxylic acids is 1. The minimum Gasteiger partial charge on any atom is -0.481 e. The molecule has 7 heteroatoms. The predicted molar refractivity (Wildman–Crippen MR) is 77.9 cm³/mol. The highest BCUT2D eigenvalue weighted by atomic mass is 32.1. The van der Waals surface area contributed by atoms with Crippen molar-refractivity contribution in [1.82, 2.24) is 14.8 Å². The van der Waals surface area contributed by atoms with Gasteiger partial charge >= 0.3 is 5.97 Å². The summed E-state index contributed by atoms with van der Waals surface area (Å²) in [4.78, 5) is 31.7. The van der Waals surface area contributed by atoms with E-state index in [1.165, 1.54) is 0 Å². The Labute approximate surface area is 127 Å². The molecule has 0 bridgehead atoms. The summed E-state index contributed by atoms with van der Waals surface area (Å²) in [7, 11) is 1.75. The van der Waals surface area contributed by atoms with Gasteiger partial charge in [-0.25, -0.2) is 4.98 Å². The molecule has 1 spiro atoms. The second kappa shape index (κ2) is 5.38. The number of rotatable bonds is 3. The summed E-state index contributed by atoms with van der Waals surface area (Å²) in [6.07, 6.45) is 3.38. The van der Waals surface area contributed by atoms with E-state index < -0.39 is 17.4 Å². The zero-order valence-corrected chi connectivity index (χ0v) is 12.8. The van der Waals surface area contributed by atoms with Crippen LogP contribution in [0.3, 0.4) is 0 Å². The minimum atomic E-state index is -0.846. The zero-order valence-electron chi connectivity index (χ0n) is 12.0. The Bertz CT molecular complexity index is 538. The van der Waals surface area contributed by atoms with Crippen molar-refractivity contribution in [1.29, 1.82) is 0 Å². The van der Waals surface area contributed by atoms with Crippen molar-refractivity contribution in [3.8, 4) is 0 Å². The van der Waals surface area contributed by atoms with Crippen LogP contribution in [0.1, 0.15) is 24.3 Å². The van der Waals surface area contributed by atoms with Crippen LogP contribution in [-0.4, -0.2) is 57.4 Å². The summed E-state index contributed by atoms with van der Waals surface area (Å²) >= 11 is 1.64. The molecule has 1 amide bonds. The van der Waals surface area contributed by atoms with E-state index in [-0.39, 0.29) is 12.3 Å². The molecule has 6 nitrogen and oxygen atoms in total. The molecule has 0 saturated carbocycles. The van der Waals surface area contributed by atoms with Crippen LogP contribution in [-0.2, 0) is 16.1 Å². The molecule has 114 valence electrons. The molecule has 1 aromatic rings. The number of aliphatic carboxylic acids is 1. The van der Waals surface area contributed by atoms with Gasteiger partial charge in [0.2, 0.25) is 5.91 Å². The number of hydrogen-bond donors (Lipinski definition) is 1. The Morgan fingerprint density at radius 2 is 2.24 bits per heavy atom. The number of carbonyl (C=O) groups is 2. The summed E-state index contributed by atoms with van der Waals surface area (Å²) < 4.78 is 0. The highest BCUT2D eigenvalue weighted by Gasteiger charge is 2.55. The first kappa shape index (κ1) is 14.5. The highest BCUT2D eigenvalue weighted by molar-refractivity contribution is 7.09. The Morgan fingerprint density at radius 3 is 2.81 bits per heavy atom. The van der Waals surface area contributed by atoms with Gasteiger partial charge in [0.05, 0.1) is 18.0 Å². The lowest BCUT2D eigenvalue weighted by Crippen LogP contribution is -2.55. The van der Waals surface area contributed by atoms with Crippen LogP contribution in [0.4, 0.5) is 0 Å². The van der Waals surface area contributed by atoms with Crippen molar-refractivity contribution in [3.05, 3.63) is 16.6 Å². The van der Waals surface area contributed by atoms with Crippen molar-refractivity contribution < 1.29 is 14.7 Å². The minimum absolute atomic E-state index is 0.0456. The highest BCUT2D eigenvalue weighted by Crippen LogP contribution is 2.42. The molecule has 2 fully saturated rings. The van der Waals surface area contributed by atoms with Crippen molar-refractivity contribution in [2.24, 2.45) is 5.92 Å². The number of aromatic nitrogens is 1. The molecule has 0 aliphatic carbocycles. The molecular weight excluding hydrogens is 290 g/mol. The van der Waals surface area contributed by atoms with Crippen LogP contribution in [0.15, 0.2) is 11.6 Å². The van der Waals surface area contributed by atoms with Crippen molar-refractivity contribution in [2.45, 2.75) is 31.3 Å².